The first-order chi connectivity index (χ1) is 49.7. The molecule has 0 radical (unpaired) electrons. The van der Waals surface area contributed by atoms with E-state index in [0.29, 0.717) is 25.7 Å². The first kappa shape index (κ1) is 101. The van der Waals surface area contributed by atoms with Gasteiger partial charge >= 0.3 is 39.5 Å². The molecule has 0 saturated heterocycles. The van der Waals surface area contributed by atoms with Crippen molar-refractivity contribution in [2.45, 2.75) is 458 Å². The Hall–Kier alpha value is -1.94. The molecule has 0 aromatic rings. The number of unbranched alkanes of at least 4 members (excludes halogenated alkanes) is 50. The predicted molar refractivity (Wildman–Crippen MR) is 423 cm³/mol. The Labute approximate surface area is 632 Å². The highest BCUT2D eigenvalue weighted by atomic mass is 31.2. The lowest BCUT2D eigenvalue weighted by Gasteiger charge is -2.21. The van der Waals surface area contributed by atoms with Gasteiger partial charge in [-0.2, -0.15) is 0 Å². The van der Waals surface area contributed by atoms with E-state index in [1.54, 1.807) is 0 Å². The number of aliphatic hydroxyl groups excluding tert-OH is 1. The fourth-order valence-corrected chi connectivity index (χ4v) is 14.6. The van der Waals surface area contributed by atoms with Gasteiger partial charge in [0.25, 0.3) is 0 Å². The van der Waals surface area contributed by atoms with E-state index in [4.69, 9.17) is 37.0 Å². The highest BCUT2D eigenvalue weighted by molar-refractivity contribution is 7.47. The SMILES string of the molecule is CCCCCCCCCC(=O)OC[C@H](COP(=O)(O)OC[C@H](O)COP(=O)(O)OC[C@@H](COC(=O)CCCCCCCCCCCCCCCCCCC(C)C)OC(=O)CCCCCCCCCCCCCCCCCCCCC(C)C)OC(=O)CCCCCCCCCCCCCCCC(C)C. The molecule has 612 valence electrons. The first-order valence-electron chi connectivity index (χ1n) is 43.3. The average Bonchev–Trinajstić information content (AvgIpc) is 0.907. The summed E-state index contributed by atoms with van der Waals surface area (Å²) in [4.78, 5) is 73.0. The van der Waals surface area contributed by atoms with Gasteiger partial charge in [0.1, 0.15) is 19.3 Å². The summed E-state index contributed by atoms with van der Waals surface area (Å²) >= 11 is 0. The number of phosphoric ester groups is 2. The lowest BCUT2D eigenvalue weighted by Crippen LogP contribution is -2.30. The minimum Gasteiger partial charge on any atom is -0.462 e. The molecule has 0 aliphatic rings. The van der Waals surface area contributed by atoms with Crippen LogP contribution in [0.4, 0.5) is 0 Å². The second kappa shape index (κ2) is 74.2. The maximum absolute atomic E-state index is 13.1. The first-order valence-corrected chi connectivity index (χ1v) is 46.3. The zero-order valence-corrected chi connectivity index (χ0v) is 69.6. The van der Waals surface area contributed by atoms with Crippen LogP contribution in [0.2, 0.25) is 0 Å². The van der Waals surface area contributed by atoms with Crippen LogP contribution in [0.3, 0.4) is 0 Å². The van der Waals surface area contributed by atoms with Crippen LogP contribution in [-0.2, 0) is 65.4 Å². The molecule has 17 nitrogen and oxygen atoms in total. The molecule has 0 bridgehead atoms. The van der Waals surface area contributed by atoms with Crippen molar-refractivity contribution in [3.63, 3.8) is 0 Å². The van der Waals surface area contributed by atoms with Gasteiger partial charge in [0.05, 0.1) is 26.4 Å². The highest BCUT2D eigenvalue weighted by Crippen LogP contribution is 2.45. The third-order valence-electron chi connectivity index (χ3n) is 19.6. The molecular weight excluding hydrogens is 1340 g/mol. The molecule has 0 aliphatic heterocycles. The summed E-state index contributed by atoms with van der Waals surface area (Å²) < 4.78 is 68.7. The number of rotatable bonds is 82. The zero-order valence-electron chi connectivity index (χ0n) is 67.8. The molecule has 0 spiro atoms. The van der Waals surface area contributed by atoms with Gasteiger partial charge in [-0.15, -0.1) is 0 Å². The topological polar surface area (TPSA) is 237 Å². The Balaban J connectivity index is 5.17. The van der Waals surface area contributed by atoms with Gasteiger partial charge in [-0.3, -0.25) is 37.3 Å². The van der Waals surface area contributed by atoms with Crippen LogP contribution in [0.25, 0.3) is 0 Å². The fourth-order valence-electron chi connectivity index (χ4n) is 13.0. The van der Waals surface area contributed by atoms with Crippen LogP contribution in [-0.4, -0.2) is 96.7 Å². The van der Waals surface area contributed by atoms with Crippen molar-refractivity contribution in [1.82, 2.24) is 0 Å². The smallest absolute Gasteiger partial charge is 0.462 e. The minimum atomic E-state index is -4.96. The van der Waals surface area contributed by atoms with E-state index in [1.807, 2.05) is 0 Å². The van der Waals surface area contributed by atoms with Gasteiger partial charge in [0.2, 0.25) is 0 Å². The number of carbonyl (C=O) groups excluding carboxylic acids is 4. The van der Waals surface area contributed by atoms with Crippen LogP contribution < -0.4 is 0 Å². The normalized spacial score (nSPS) is 13.9. The molecule has 3 N–H and O–H groups in total. The van der Waals surface area contributed by atoms with Gasteiger partial charge < -0.3 is 33.8 Å². The van der Waals surface area contributed by atoms with Crippen molar-refractivity contribution in [3.8, 4) is 0 Å². The number of hydrogen-bond acceptors (Lipinski definition) is 15. The minimum absolute atomic E-state index is 0.107. The molecule has 2 unspecified atom stereocenters. The second-order valence-corrected chi connectivity index (χ2v) is 34.6. The molecule has 0 amide bonds. The Morgan fingerprint density at radius 2 is 0.447 bits per heavy atom. The third kappa shape index (κ3) is 78.0. The van der Waals surface area contributed by atoms with Gasteiger partial charge in [-0.1, -0.05) is 389 Å². The van der Waals surface area contributed by atoms with Crippen LogP contribution in [0.1, 0.15) is 440 Å². The van der Waals surface area contributed by atoms with Gasteiger partial charge in [-0.05, 0) is 43.4 Å². The summed E-state index contributed by atoms with van der Waals surface area (Å²) in [7, 11) is -9.92. The Morgan fingerprint density at radius 1 is 0.262 bits per heavy atom. The number of carbonyl (C=O) groups is 4. The van der Waals surface area contributed by atoms with E-state index in [-0.39, 0.29) is 25.7 Å². The second-order valence-electron chi connectivity index (χ2n) is 31.6. The van der Waals surface area contributed by atoms with Crippen molar-refractivity contribution < 1.29 is 80.2 Å². The predicted octanol–water partition coefficient (Wildman–Crippen LogP) is 25.3. The largest absolute Gasteiger partial charge is 0.472 e. The lowest BCUT2D eigenvalue weighted by atomic mass is 10.0. The Kier molecular flexibility index (Phi) is 72.8. The third-order valence-corrected chi connectivity index (χ3v) is 21.5. The molecule has 103 heavy (non-hydrogen) atoms. The number of esters is 4. The summed E-state index contributed by atoms with van der Waals surface area (Å²) in [5.74, 6) is 0.308. The van der Waals surface area contributed by atoms with E-state index < -0.39 is 97.5 Å². The molecule has 0 saturated carbocycles. The van der Waals surface area contributed by atoms with Gasteiger partial charge in [0.15, 0.2) is 12.2 Å². The molecular formula is C84H164O17P2. The maximum atomic E-state index is 13.1. The summed E-state index contributed by atoms with van der Waals surface area (Å²) in [5, 5.41) is 10.6. The average molecular weight is 1510 g/mol. The van der Waals surface area contributed by atoms with Crippen LogP contribution >= 0.6 is 15.6 Å². The van der Waals surface area contributed by atoms with Crippen LogP contribution in [0, 0.1) is 17.8 Å². The summed E-state index contributed by atoms with van der Waals surface area (Å²) in [6, 6.07) is 0. The maximum Gasteiger partial charge on any atom is 0.472 e. The molecule has 0 heterocycles. The Morgan fingerprint density at radius 3 is 0.660 bits per heavy atom. The van der Waals surface area contributed by atoms with E-state index in [0.717, 1.165) is 120 Å². The van der Waals surface area contributed by atoms with Gasteiger partial charge in [0, 0.05) is 25.7 Å². The van der Waals surface area contributed by atoms with Crippen molar-refractivity contribution in [3.05, 3.63) is 0 Å². The Bertz CT molecular complexity index is 1990. The summed E-state index contributed by atoms with van der Waals surface area (Å²) in [5.41, 5.74) is 0. The van der Waals surface area contributed by atoms with Crippen LogP contribution in [0.5, 0.6) is 0 Å². The van der Waals surface area contributed by atoms with Crippen molar-refractivity contribution in [1.29, 1.82) is 0 Å². The number of ether oxygens (including phenoxy) is 4. The number of phosphoric acid groups is 2. The van der Waals surface area contributed by atoms with Gasteiger partial charge in [-0.25, -0.2) is 9.13 Å². The quantitative estimate of drug-likeness (QED) is 0.0222. The van der Waals surface area contributed by atoms with Crippen molar-refractivity contribution in [2.24, 2.45) is 17.8 Å². The molecule has 0 aliphatic carbocycles. The highest BCUT2D eigenvalue weighted by Gasteiger charge is 2.30. The number of hydrogen-bond donors (Lipinski definition) is 3. The monoisotopic (exact) mass is 1510 g/mol. The molecule has 0 rings (SSSR count). The van der Waals surface area contributed by atoms with Crippen molar-refractivity contribution >= 4 is 39.5 Å². The van der Waals surface area contributed by atoms with E-state index in [2.05, 4.69) is 48.5 Å². The molecule has 5 atom stereocenters. The van der Waals surface area contributed by atoms with E-state index >= 15 is 0 Å². The molecule has 0 fully saturated rings. The molecule has 0 aromatic heterocycles. The van der Waals surface area contributed by atoms with Crippen molar-refractivity contribution in [2.75, 3.05) is 39.6 Å². The van der Waals surface area contributed by atoms with Crippen LogP contribution in [0.15, 0.2) is 0 Å². The lowest BCUT2D eigenvalue weighted by molar-refractivity contribution is -0.161. The fraction of sp³-hybridized carbons (Fsp3) is 0.952. The molecule has 0 aromatic carbocycles. The number of aliphatic hydroxyl groups is 1. The molecule has 19 heteroatoms. The standard InChI is InChI=1S/C84H164O17P2/c1-8-9-10-11-41-51-58-65-81(86)94-71-79(100-83(88)68-61-54-47-40-34-28-22-25-31-37-44-50-57-64-77(6)7)73-98-102(90,91)96-69-78(85)70-97-103(92,93)99-74-80(72-95-82(87)66-59-52-45-38-32-26-20-17-16-19-24-30-36-43-49-56-63-76(4)5)101-84(89)67-60-53-46-39-33-27-21-15-13-12-14-18-23-29-35-42-48-55-62-75(2)3/h75-80,85H,8-74H2,1-7H3,(H,90,91)(H,92,93)/t78-,79+,80+/m0/s1. The summed E-state index contributed by atoms with van der Waals surface area (Å²) in [6.45, 7) is 12.0. The zero-order chi connectivity index (χ0) is 75.8. The summed E-state index contributed by atoms with van der Waals surface area (Å²) in [6.07, 6.45) is 64.1. The van der Waals surface area contributed by atoms with E-state index in [9.17, 15) is 43.2 Å². The van der Waals surface area contributed by atoms with E-state index in [1.165, 1.54) is 238 Å².